The van der Waals surface area contributed by atoms with Gasteiger partial charge in [-0.15, -0.1) is 0 Å². The molecule has 0 saturated heterocycles. The second-order valence-electron chi connectivity index (χ2n) is 4.08. The van der Waals surface area contributed by atoms with Gasteiger partial charge in [-0.3, -0.25) is 9.36 Å². The van der Waals surface area contributed by atoms with Gasteiger partial charge in [0.2, 0.25) is 0 Å². The highest BCUT2D eigenvalue weighted by Gasteiger charge is 2.34. The number of rotatable bonds is 4. The maximum absolute atomic E-state index is 12.6. The molecule has 0 aliphatic heterocycles. The third kappa shape index (κ3) is 2.95. The molecule has 19 heavy (non-hydrogen) atoms. The van der Waals surface area contributed by atoms with Gasteiger partial charge in [0.15, 0.2) is 5.69 Å². The summed E-state index contributed by atoms with van der Waals surface area (Å²) >= 11 is 0. The number of nitrogens with two attached hydrogens (primary N) is 1. The topological polar surface area (TPSA) is 61.7 Å². The van der Waals surface area contributed by atoms with E-state index >= 15 is 0 Å². The minimum Gasteiger partial charge on any atom is -0.326 e. The summed E-state index contributed by atoms with van der Waals surface area (Å²) in [5.41, 5.74) is 5.87. The first-order valence-corrected chi connectivity index (χ1v) is 5.79. The Kier molecular flexibility index (Phi) is 3.61. The lowest BCUT2D eigenvalue weighted by Crippen LogP contribution is -2.09. The minimum absolute atomic E-state index is 0.233. The van der Waals surface area contributed by atoms with Gasteiger partial charge in [-0.1, -0.05) is 0 Å². The maximum Gasteiger partial charge on any atom is 0.435 e. The Bertz CT molecular complexity index is 555. The Hall–Kier alpha value is -1.83. The molecule has 2 rings (SSSR count). The second-order valence-corrected chi connectivity index (χ2v) is 4.08. The van der Waals surface area contributed by atoms with E-state index in [0.29, 0.717) is 18.8 Å². The zero-order valence-corrected chi connectivity index (χ0v) is 10.4. The van der Waals surface area contributed by atoms with Crippen LogP contribution < -0.4 is 5.73 Å². The normalized spacial score (nSPS) is 12.1. The largest absolute Gasteiger partial charge is 0.435 e. The summed E-state index contributed by atoms with van der Waals surface area (Å²) in [6.07, 6.45) is -1.13. The molecular weight excluding hydrogens is 259 g/mol. The van der Waals surface area contributed by atoms with E-state index in [-0.39, 0.29) is 6.54 Å². The molecule has 2 heterocycles. The fraction of sp³-hybridized carbons (Fsp3) is 0.455. The predicted octanol–water partition coefficient (Wildman–Crippen LogP) is 1.63. The molecule has 2 aromatic rings. The average Bonchev–Trinajstić information content (AvgIpc) is 2.95. The minimum atomic E-state index is -4.43. The Morgan fingerprint density at radius 1 is 1.37 bits per heavy atom. The summed E-state index contributed by atoms with van der Waals surface area (Å²) in [7, 11) is 0. The average molecular weight is 273 g/mol. The van der Waals surface area contributed by atoms with Gasteiger partial charge in [-0.05, 0) is 13.0 Å². The molecule has 0 atom stereocenters. The van der Waals surface area contributed by atoms with E-state index < -0.39 is 11.9 Å². The predicted molar refractivity (Wildman–Crippen MR) is 62.1 cm³/mol. The van der Waals surface area contributed by atoms with Gasteiger partial charge in [0, 0.05) is 24.8 Å². The van der Waals surface area contributed by atoms with Gasteiger partial charge in [0.1, 0.15) is 0 Å². The van der Waals surface area contributed by atoms with Crippen LogP contribution in [0.5, 0.6) is 0 Å². The van der Waals surface area contributed by atoms with Crippen molar-refractivity contribution >= 4 is 0 Å². The summed E-state index contributed by atoms with van der Waals surface area (Å²) in [6, 6.07) is 1.05. The molecule has 0 spiro atoms. The van der Waals surface area contributed by atoms with Crippen LogP contribution in [0.1, 0.15) is 23.9 Å². The van der Waals surface area contributed by atoms with Crippen molar-refractivity contribution in [3.63, 3.8) is 0 Å². The number of nitrogens with zero attached hydrogens (tertiary/aromatic N) is 4. The molecule has 104 valence electrons. The lowest BCUT2D eigenvalue weighted by molar-refractivity contribution is -0.141. The lowest BCUT2D eigenvalue weighted by Gasteiger charge is -2.04. The van der Waals surface area contributed by atoms with Gasteiger partial charge in [0.05, 0.1) is 18.4 Å². The summed E-state index contributed by atoms with van der Waals surface area (Å²) in [5.74, 6) is 0. The second kappa shape index (κ2) is 5.04. The molecule has 0 bridgehead atoms. The van der Waals surface area contributed by atoms with Crippen molar-refractivity contribution in [1.82, 2.24) is 19.6 Å². The van der Waals surface area contributed by atoms with Crippen molar-refractivity contribution in [2.24, 2.45) is 5.73 Å². The fourth-order valence-corrected chi connectivity index (χ4v) is 1.76. The van der Waals surface area contributed by atoms with E-state index in [4.69, 9.17) is 5.73 Å². The van der Waals surface area contributed by atoms with Crippen molar-refractivity contribution in [1.29, 1.82) is 0 Å². The molecule has 0 radical (unpaired) electrons. The fourth-order valence-electron chi connectivity index (χ4n) is 1.76. The van der Waals surface area contributed by atoms with Crippen LogP contribution in [-0.4, -0.2) is 19.6 Å². The number of aromatic nitrogens is 4. The summed E-state index contributed by atoms with van der Waals surface area (Å²) in [5, 5.41) is 7.59. The zero-order valence-electron chi connectivity index (χ0n) is 10.4. The summed E-state index contributed by atoms with van der Waals surface area (Å²) < 4.78 is 40.7. The highest BCUT2D eigenvalue weighted by molar-refractivity contribution is 5.14. The van der Waals surface area contributed by atoms with Crippen LogP contribution in [0.3, 0.4) is 0 Å². The van der Waals surface area contributed by atoms with Crippen LogP contribution in [0.4, 0.5) is 13.2 Å². The molecule has 2 N–H and O–H groups in total. The van der Waals surface area contributed by atoms with E-state index in [9.17, 15) is 13.2 Å². The van der Waals surface area contributed by atoms with E-state index in [0.717, 1.165) is 11.6 Å². The molecule has 0 aliphatic carbocycles. The van der Waals surface area contributed by atoms with Crippen LogP contribution in [0, 0.1) is 0 Å². The molecule has 0 aromatic carbocycles. The van der Waals surface area contributed by atoms with Gasteiger partial charge in [-0.2, -0.15) is 23.4 Å². The monoisotopic (exact) mass is 273 g/mol. The number of halogens is 3. The van der Waals surface area contributed by atoms with Crippen LogP contribution >= 0.6 is 0 Å². The highest BCUT2D eigenvalue weighted by Crippen LogP contribution is 2.28. The first kappa shape index (κ1) is 13.6. The Labute approximate surface area is 107 Å². The van der Waals surface area contributed by atoms with Crippen LogP contribution in [-0.2, 0) is 25.8 Å². The first-order valence-electron chi connectivity index (χ1n) is 5.79. The lowest BCUT2D eigenvalue weighted by atomic mass is 10.3. The molecular formula is C11H14F3N5. The highest BCUT2D eigenvalue weighted by atomic mass is 19.4. The summed E-state index contributed by atoms with van der Waals surface area (Å²) in [6.45, 7) is 2.69. The number of hydrogen-bond acceptors (Lipinski definition) is 3. The molecule has 5 nitrogen and oxygen atoms in total. The van der Waals surface area contributed by atoms with Crippen LogP contribution in [0.25, 0.3) is 0 Å². The smallest absolute Gasteiger partial charge is 0.326 e. The van der Waals surface area contributed by atoms with Crippen molar-refractivity contribution < 1.29 is 13.2 Å². The SMILES string of the molecule is CCn1nc(C(F)(F)F)cc1Cn1cc(CN)cn1. The Balaban J connectivity index is 2.26. The van der Waals surface area contributed by atoms with Gasteiger partial charge in [-0.25, -0.2) is 0 Å². The third-order valence-corrected chi connectivity index (χ3v) is 2.70. The van der Waals surface area contributed by atoms with Crippen molar-refractivity contribution in [3.8, 4) is 0 Å². The standard InChI is InChI=1S/C11H14F3N5/c1-2-19-9(3-10(17-19)11(12,13)14)7-18-6-8(4-15)5-16-18/h3,5-6H,2,4,7,15H2,1H3. The number of alkyl halides is 3. The summed E-state index contributed by atoms with van der Waals surface area (Å²) in [4.78, 5) is 0. The van der Waals surface area contributed by atoms with Crippen LogP contribution in [0.15, 0.2) is 18.5 Å². The first-order chi connectivity index (χ1) is 8.94. The Morgan fingerprint density at radius 2 is 2.11 bits per heavy atom. The molecule has 0 unspecified atom stereocenters. The molecule has 2 aromatic heterocycles. The van der Waals surface area contributed by atoms with E-state index in [1.807, 2.05) is 0 Å². The van der Waals surface area contributed by atoms with Gasteiger partial charge < -0.3 is 5.73 Å². The van der Waals surface area contributed by atoms with Crippen molar-refractivity contribution in [3.05, 3.63) is 35.4 Å². The maximum atomic E-state index is 12.6. The molecule has 0 saturated carbocycles. The molecule has 0 fully saturated rings. The number of hydrogen-bond donors (Lipinski definition) is 1. The zero-order chi connectivity index (χ0) is 14.0. The van der Waals surface area contributed by atoms with Crippen LogP contribution in [0.2, 0.25) is 0 Å². The third-order valence-electron chi connectivity index (χ3n) is 2.70. The Morgan fingerprint density at radius 3 is 2.63 bits per heavy atom. The van der Waals surface area contributed by atoms with E-state index in [1.165, 1.54) is 4.68 Å². The van der Waals surface area contributed by atoms with Crippen molar-refractivity contribution in [2.45, 2.75) is 32.7 Å². The van der Waals surface area contributed by atoms with Gasteiger partial charge >= 0.3 is 6.18 Å². The number of aryl methyl sites for hydroxylation is 1. The van der Waals surface area contributed by atoms with Gasteiger partial charge in [0.25, 0.3) is 0 Å². The van der Waals surface area contributed by atoms with Crippen molar-refractivity contribution in [2.75, 3.05) is 0 Å². The quantitative estimate of drug-likeness (QED) is 0.921. The molecule has 0 amide bonds. The molecule has 0 aliphatic rings. The molecule has 8 heteroatoms. The van der Waals surface area contributed by atoms with E-state index in [2.05, 4.69) is 10.2 Å². The van der Waals surface area contributed by atoms with E-state index in [1.54, 1.807) is 24.0 Å².